The summed E-state index contributed by atoms with van der Waals surface area (Å²) in [6, 6.07) is 4.41. The van der Waals surface area contributed by atoms with Gasteiger partial charge in [0.2, 0.25) is 17.8 Å². The average molecular weight is 278 g/mol. The molecule has 2 aromatic rings. The second-order valence-electron chi connectivity index (χ2n) is 4.54. The van der Waals surface area contributed by atoms with E-state index >= 15 is 0 Å². The lowest BCUT2D eigenvalue weighted by Gasteiger charge is -2.15. The first-order chi connectivity index (χ1) is 9.04. The summed E-state index contributed by atoms with van der Waals surface area (Å²) in [5.41, 5.74) is 5.68. The van der Waals surface area contributed by atoms with Gasteiger partial charge >= 0.3 is 0 Å². The van der Waals surface area contributed by atoms with Crippen LogP contribution in [0.4, 0.5) is 17.8 Å². The molecule has 0 fully saturated rings. The monoisotopic (exact) mass is 278 g/mol. The minimum atomic E-state index is 0.226. The quantitative estimate of drug-likeness (QED) is 0.865. The highest BCUT2D eigenvalue weighted by Gasteiger charge is 2.09. The van der Waals surface area contributed by atoms with Crippen molar-refractivity contribution in [3.63, 3.8) is 0 Å². The fourth-order valence-corrected chi connectivity index (χ4v) is 2.48. The molecule has 3 N–H and O–H groups in total. The van der Waals surface area contributed by atoms with Crippen molar-refractivity contribution in [2.45, 2.75) is 19.4 Å². The number of nitrogens with one attached hydrogen (secondary N) is 1. The number of nitrogen functional groups attached to an aromatic ring is 1. The summed E-state index contributed by atoms with van der Waals surface area (Å²) in [6.07, 6.45) is 0.931. The summed E-state index contributed by atoms with van der Waals surface area (Å²) in [6.45, 7) is 2.09. The van der Waals surface area contributed by atoms with E-state index in [9.17, 15) is 0 Å². The molecule has 19 heavy (non-hydrogen) atoms. The zero-order valence-corrected chi connectivity index (χ0v) is 12.1. The molecule has 1 unspecified atom stereocenters. The fraction of sp³-hybridized carbons (Fsp3) is 0.417. The Labute approximate surface area is 116 Å². The van der Waals surface area contributed by atoms with E-state index in [1.54, 1.807) is 16.2 Å². The highest BCUT2D eigenvalue weighted by atomic mass is 32.1. The van der Waals surface area contributed by atoms with Crippen molar-refractivity contribution in [1.29, 1.82) is 0 Å². The normalized spacial score (nSPS) is 12.2. The third-order valence-electron chi connectivity index (χ3n) is 2.50. The van der Waals surface area contributed by atoms with Gasteiger partial charge in [0.05, 0.1) is 0 Å². The molecular formula is C12H18N6S. The minimum absolute atomic E-state index is 0.226. The standard InChI is InChI=1S/C12H18N6S/c1-8(7-9-5-4-6-19-9)14-11-15-10(13)16-12(17-11)18(2)3/h4-6,8H,7H2,1-3H3,(H3,13,14,15,16,17). The summed E-state index contributed by atoms with van der Waals surface area (Å²) < 4.78 is 0. The van der Waals surface area contributed by atoms with Gasteiger partial charge in [0.25, 0.3) is 0 Å². The van der Waals surface area contributed by atoms with E-state index in [0.717, 1.165) is 6.42 Å². The first-order valence-corrected chi connectivity index (χ1v) is 6.90. The first kappa shape index (κ1) is 13.5. The number of hydrogen-bond acceptors (Lipinski definition) is 7. The van der Waals surface area contributed by atoms with Gasteiger partial charge in [-0.25, -0.2) is 0 Å². The van der Waals surface area contributed by atoms with Crippen molar-refractivity contribution in [2.75, 3.05) is 30.0 Å². The Morgan fingerprint density at radius 2 is 2.16 bits per heavy atom. The zero-order chi connectivity index (χ0) is 13.8. The van der Waals surface area contributed by atoms with Crippen LogP contribution in [0.25, 0.3) is 0 Å². The van der Waals surface area contributed by atoms with Crippen LogP contribution >= 0.6 is 11.3 Å². The minimum Gasteiger partial charge on any atom is -0.368 e. The molecule has 0 radical (unpaired) electrons. The molecule has 1 atom stereocenters. The van der Waals surface area contributed by atoms with Crippen LogP contribution in [0.5, 0.6) is 0 Å². The number of nitrogens with zero attached hydrogens (tertiary/aromatic N) is 4. The maximum absolute atomic E-state index is 5.68. The molecule has 0 bridgehead atoms. The van der Waals surface area contributed by atoms with Crippen LogP contribution in [0.1, 0.15) is 11.8 Å². The molecule has 0 saturated carbocycles. The van der Waals surface area contributed by atoms with Crippen LogP contribution in [0.3, 0.4) is 0 Å². The molecule has 0 spiro atoms. The summed E-state index contributed by atoms with van der Waals surface area (Å²) in [5, 5.41) is 5.33. The van der Waals surface area contributed by atoms with E-state index in [1.807, 2.05) is 14.1 Å². The van der Waals surface area contributed by atoms with Crippen LogP contribution in [0.15, 0.2) is 17.5 Å². The van der Waals surface area contributed by atoms with Gasteiger partial charge in [-0.1, -0.05) is 6.07 Å². The number of hydrogen-bond donors (Lipinski definition) is 2. The predicted octanol–water partition coefficient (Wildman–Crippen LogP) is 1.62. The smallest absolute Gasteiger partial charge is 0.231 e. The molecule has 0 aliphatic rings. The Kier molecular flexibility index (Phi) is 4.16. The summed E-state index contributed by atoms with van der Waals surface area (Å²) in [7, 11) is 3.74. The molecule has 7 heteroatoms. The van der Waals surface area contributed by atoms with Gasteiger partial charge in [-0.2, -0.15) is 15.0 Å². The number of anilines is 3. The molecule has 0 saturated heterocycles. The van der Waals surface area contributed by atoms with Gasteiger partial charge in [-0.15, -0.1) is 11.3 Å². The van der Waals surface area contributed by atoms with Gasteiger partial charge in [0.15, 0.2) is 0 Å². The summed E-state index contributed by atoms with van der Waals surface area (Å²) >= 11 is 1.75. The Hall–Kier alpha value is -1.89. The van der Waals surface area contributed by atoms with Gasteiger partial charge in [-0.05, 0) is 18.4 Å². The molecule has 0 amide bonds. The molecule has 6 nitrogen and oxygen atoms in total. The van der Waals surface area contributed by atoms with Crippen molar-refractivity contribution in [1.82, 2.24) is 15.0 Å². The van der Waals surface area contributed by atoms with Crippen LogP contribution in [-0.2, 0) is 6.42 Å². The molecule has 0 aliphatic carbocycles. The Bertz CT molecular complexity index is 525. The lowest BCUT2D eigenvalue weighted by molar-refractivity contribution is 0.782. The van der Waals surface area contributed by atoms with Crippen molar-refractivity contribution in [2.24, 2.45) is 0 Å². The largest absolute Gasteiger partial charge is 0.368 e. The van der Waals surface area contributed by atoms with Crippen molar-refractivity contribution in [3.05, 3.63) is 22.4 Å². The van der Waals surface area contributed by atoms with E-state index in [1.165, 1.54) is 4.88 Å². The molecule has 2 heterocycles. The Morgan fingerprint density at radius 3 is 2.79 bits per heavy atom. The highest BCUT2D eigenvalue weighted by molar-refractivity contribution is 7.09. The SMILES string of the molecule is CC(Cc1cccs1)Nc1nc(N)nc(N(C)C)n1. The van der Waals surface area contributed by atoms with E-state index in [2.05, 4.69) is 44.7 Å². The highest BCUT2D eigenvalue weighted by Crippen LogP contribution is 2.14. The average Bonchev–Trinajstić information content (AvgIpc) is 2.80. The van der Waals surface area contributed by atoms with Crippen LogP contribution in [0.2, 0.25) is 0 Å². The van der Waals surface area contributed by atoms with Crippen LogP contribution in [0, 0.1) is 0 Å². The third kappa shape index (κ3) is 3.78. The number of nitrogens with two attached hydrogens (primary N) is 1. The molecular weight excluding hydrogens is 260 g/mol. The second kappa shape index (κ2) is 5.83. The van der Waals surface area contributed by atoms with Gasteiger partial charge in [-0.3, -0.25) is 0 Å². The number of aromatic nitrogens is 3. The lowest BCUT2D eigenvalue weighted by Crippen LogP contribution is -2.22. The van der Waals surface area contributed by atoms with Crippen molar-refractivity contribution in [3.8, 4) is 0 Å². The van der Waals surface area contributed by atoms with Gasteiger partial charge in [0, 0.05) is 31.4 Å². The van der Waals surface area contributed by atoms with E-state index in [4.69, 9.17) is 5.73 Å². The molecule has 2 rings (SSSR count). The van der Waals surface area contributed by atoms with Crippen LogP contribution in [-0.4, -0.2) is 35.1 Å². The summed E-state index contributed by atoms with van der Waals surface area (Å²) in [4.78, 5) is 15.6. The molecule has 2 aromatic heterocycles. The maximum Gasteiger partial charge on any atom is 0.231 e. The van der Waals surface area contributed by atoms with E-state index in [-0.39, 0.29) is 12.0 Å². The molecule has 0 aliphatic heterocycles. The topological polar surface area (TPSA) is 80.0 Å². The maximum atomic E-state index is 5.68. The first-order valence-electron chi connectivity index (χ1n) is 6.02. The van der Waals surface area contributed by atoms with Gasteiger partial charge < -0.3 is 16.0 Å². The van der Waals surface area contributed by atoms with Crippen molar-refractivity contribution >= 4 is 29.2 Å². The third-order valence-corrected chi connectivity index (χ3v) is 3.40. The number of rotatable bonds is 5. The number of thiophene rings is 1. The van der Waals surface area contributed by atoms with E-state index < -0.39 is 0 Å². The second-order valence-corrected chi connectivity index (χ2v) is 5.57. The molecule has 0 aromatic carbocycles. The Balaban J connectivity index is 2.05. The summed E-state index contributed by atoms with van der Waals surface area (Å²) in [5.74, 6) is 1.29. The fourth-order valence-electron chi connectivity index (χ4n) is 1.65. The zero-order valence-electron chi connectivity index (χ0n) is 11.3. The lowest BCUT2D eigenvalue weighted by atomic mass is 10.2. The van der Waals surface area contributed by atoms with Crippen LogP contribution < -0.4 is 16.0 Å². The van der Waals surface area contributed by atoms with Crippen molar-refractivity contribution < 1.29 is 0 Å². The Morgan fingerprint density at radius 1 is 1.37 bits per heavy atom. The van der Waals surface area contributed by atoms with E-state index in [0.29, 0.717) is 11.9 Å². The predicted molar refractivity (Wildman–Crippen MR) is 79.7 cm³/mol. The van der Waals surface area contributed by atoms with Gasteiger partial charge in [0.1, 0.15) is 0 Å². The molecule has 102 valence electrons.